The highest BCUT2D eigenvalue weighted by Crippen LogP contribution is 2.34. The molecule has 4 nitrogen and oxygen atoms in total. The van der Waals surface area contributed by atoms with Gasteiger partial charge in [0.05, 0.1) is 16.3 Å². The van der Waals surface area contributed by atoms with Crippen LogP contribution in [0.25, 0.3) is 27.2 Å². The molecule has 1 fully saturated rings. The molecule has 132 valence electrons. The molecule has 0 amide bonds. The maximum Gasteiger partial charge on any atom is 0.220 e. The van der Waals surface area contributed by atoms with E-state index in [0.29, 0.717) is 0 Å². The number of nitrogen functional groups attached to an aromatic ring is 1. The first-order valence-corrected chi connectivity index (χ1v) is 9.85. The van der Waals surface area contributed by atoms with E-state index in [1.165, 1.54) is 31.2 Å². The minimum Gasteiger partial charge on any atom is -0.368 e. The van der Waals surface area contributed by atoms with Crippen LogP contribution in [0.15, 0.2) is 42.6 Å². The molecule has 4 rings (SSSR count). The van der Waals surface area contributed by atoms with Gasteiger partial charge in [-0.15, -0.1) is 11.3 Å². The first-order chi connectivity index (χ1) is 12.7. The summed E-state index contributed by atoms with van der Waals surface area (Å²) in [5, 5.41) is 1.00. The number of thiazole rings is 1. The van der Waals surface area contributed by atoms with Gasteiger partial charge in [-0.3, -0.25) is 0 Å². The zero-order chi connectivity index (χ0) is 17.9. The average molecular weight is 363 g/mol. The molecule has 5 heteroatoms. The van der Waals surface area contributed by atoms with Gasteiger partial charge in [0, 0.05) is 11.8 Å². The Morgan fingerprint density at radius 2 is 1.85 bits per heavy atom. The van der Waals surface area contributed by atoms with Crippen molar-refractivity contribution >= 4 is 23.4 Å². The predicted octanol–water partition coefficient (Wildman–Crippen LogP) is 5.36. The van der Waals surface area contributed by atoms with Crippen molar-refractivity contribution in [2.45, 2.75) is 32.6 Å². The van der Waals surface area contributed by atoms with E-state index in [1.807, 2.05) is 13.0 Å². The minimum absolute atomic E-state index is 0.287. The second kappa shape index (κ2) is 7.38. The lowest BCUT2D eigenvalue weighted by Gasteiger charge is -2.01. The Bertz CT molecular complexity index is 921. The number of nitrogens with two attached hydrogens (primary N) is 1. The van der Waals surface area contributed by atoms with Gasteiger partial charge in [-0.2, -0.15) is 0 Å². The van der Waals surface area contributed by atoms with Gasteiger partial charge in [-0.05, 0) is 37.3 Å². The number of rotatable bonds is 4. The van der Waals surface area contributed by atoms with Gasteiger partial charge in [0.1, 0.15) is 5.01 Å². The van der Waals surface area contributed by atoms with Gasteiger partial charge in [0.2, 0.25) is 5.95 Å². The number of allylic oxidation sites excluding steroid dienone is 1. The third-order valence-corrected chi connectivity index (χ3v) is 6.05. The fourth-order valence-electron chi connectivity index (χ4n) is 3.39. The first kappa shape index (κ1) is 16.9. The fraction of sp³-hybridized carbons (Fsp3) is 0.286. The number of nitrogens with zero attached hydrogens (tertiary/aromatic N) is 3. The summed E-state index contributed by atoms with van der Waals surface area (Å²) in [6, 6.07) is 10.5. The van der Waals surface area contributed by atoms with Crippen molar-refractivity contribution in [3.05, 3.63) is 53.9 Å². The van der Waals surface area contributed by atoms with Crippen LogP contribution in [0.3, 0.4) is 0 Å². The van der Waals surface area contributed by atoms with Crippen LogP contribution in [0.5, 0.6) is 0 Å². The van der Waals surface area contributed by atoms with Crippen molar-refractivity contribution in [1.82, 2.24) is 15.0 Å². The summed E-state index contributed by atoms with van der Waals surface area (Å²) in [7, 11) is 0. The molecule has 0 bridgehead atoms. The summed E-state index contributed by atoms with van der Waals surface area (Å²) < 4.78 is 0. The van der Waals surface area contributed by atoms with Crippen molar-refractivity contribution in [3.63, 3.8) is 0 Å². The number of anilines is 1. The predicted molar refractivity (Wildman–Crippen MR) is 109 cm³/mol. The maximum atomic E-state index is 5.71. The van der Waals surface area contributed by atoms with Crippen molar-refractivity contribution < 1.29 is 0 Å². The molecule has 1 aliphatic rings. The summed E-state index contributed by atoms with van der Waals surface area (Å²) in [6.45, 7) is 2.01. The highest BCUT2D eigenvalue weighted by atomic mass is 32.1. The molecule has 1 aliphatic carbocycles. The van der Waals surface area contributed by atoms with E-state index in [4.69, 9.17) is 10.7 Å². The molecule has 2 N–H and O–H groups in total. The van der Waals surface area contributed by atoms with Gasteiger partial charge >= 0.3 is 0 Å². The number of hydrogen-bond donors (Lipinski definition) is 1. The van der Waals surface area contributed by atoms with Crippen LogP contribution < -0.4 is 5.73 Å². The smallest absolute Gasteiger partial charge is 0.220 e. The number of aryl methyl sites for hydroxylation is 1. The number of benzene rings is 1. The molecule has 26 heavy (non-hydrogen) atoms. The lowest BCUT2D eigenvalue weighted by Crippen LogP contribution is -1.94. The largest absolute Gasteiger partial charge is 0.368 e. The van der Waals surface area contributed by atoms with Gasteiger partial charge in [0.15, 0.2) is 0 Å². The molecule has 0 unspecified atom stereocenters. The highest BCUT2D eigenvalue weighted by molar-refractivity contribution is 7.18. The summed E-state index contributed by atoms with van der Waals surface area (Å²) in [6.07, 6.45) is 11.7. The molecule has 0 saturated heterocycles. The standard InChI is InChI=1S/C21H22N4S/c1-14-19(18-12-13-23-21(22)25-18)26-20(24-14)17-10-8-16(9-11-17)7-6-15-4-2-3-5-15/h6-13,15H,2-5H2,1H3,(H2,22,23,25). The van der Waals surface area contributed by atoms with E-state index in [9.17, 15) is 0 Å². The van der Waals surface area contributed by atoms with Crippen LogP contribution in [0, 0.1) is 12.8 Å². The van der Waals surface area contributed by atoms with E-state index in [2.05, 4.69) is 46.4 Å². The third kappa shape index (κ3) is 3.68. The van der Waals surface area contributed by atoms with Crippen molar-refractivity contribution in [3.8, 4) is 21.1 Å². The molecule has 0 radical (unpaired) electrons. The van der Waals surface area contributed by atoms with Crippen LogP contribution in [0.1, 0.15) is 36.9 Å². The molecule has 0 aliphatic heterocycles. The van der Waals surface area contributed by atoms with Crippen LogP contribution in [-0.4, -0.2) is 15.0 Å². The molecule has 0 spiro atoms. The lowest BCUT2D eigenvalue weighted by atomic mass is 10.1. The third-order valence-electron chi connectivity index (χ3n) is 4.82. The second-order valence-corrected chi connectivity index (χ2v) is 7.76. The molecule has 3 aromatic rings. The fourth-order valence-corrected chi connectivity index (χ4v) is 4.43. The van der Waals surface area contributed by atoms with Crippen molar-refractivity contribution in [2.75, 3.05) is 5.73 Å². The molecular weight excluding hydrogens is 340 g/mol. The Hall–Kier alpha value is -2.53. The Morgan fingerprint density at radius 3 is 2.58 bits per heavy atom. The average Bonchev–Trinajstić information content (AvgIpc) is 3.30. The Labute approximate surface area is 157 Å². The summed E-state index contributed by atoms with van der Waals surface area (Å²) in [5.74, 6) is 1.05. The van der Waals surface area contributed by atoms with Gasteiger partial charge in [-0.25, -0.2) is 15.0 Å². The van der Waals surface area contributed by atoms with Crippen LogP contribution >= 0.6 is 11.3 Å². The summed E-state index contributed by atoms with van der Waals surface area (Å²) >= 11 is 1.64. The highest BCUT2D eigenvalue weighted by Gasteiger charge is 2.13. The zero-order valence-electron chi connectivity index (χ0n) is 14.9. The quantitative estimate of drug-likeness (QED) is 0.678. The van der Waals surface area contributed by atoms with Gasteiger partial charge in [0.25, 0.3) is 0 Å². The van der Waals surface area contributed by atoms with E-state index >= 15 is 0 Å². The second-order valence-electron chi connectivity index (χ2n) is 6.76. The monoisotopic (exact) mass is 362 g/mol. The number of aromatic nitrogens is 3. The minimum atomic E-state index is 0.287. The summed E-state index contributed by atoms with van der Waals surface area (Å²) in [4.78, 5) is 14.0. The summed E-state index contributed by atoms with van der Waals surface area (Å²) in [5.41, 5.74) is 9.88. The van der Waals surface area contributed by atoms with Gasteiger partial charge < -0.3 is 5.73 Å². The topological polar surface area (TPSA) is 64.7 Å². The number of hydrogen-bond acceptors (Lipinski definition) is 5. The molecule has 2 aromatic heterocycles. The van der Waals surface area contributed by atoms with Crippen molar-refractivity contribution in [2.24, 2.45) is 5.92 Å². The molecular formula is C21H22N4S. The van der Waals surface area contributed by atoms with Crippen molar-refractivity contribution in [1.29, 1.82) is 0 Å². The molecule has 0 atom stereocenters. The Kier molecular flexibility index (Phi) is 4.80. The normalized spacial score (nSPS) is 15.1. The Morgan fingerprint density at radius 1 is 1.08 bits per heavy atom. The molecule has 1 saturated carbocycles. The Balaban J connectivity index is 1.55. The van der Waals surface area contributed by atoms with Crippen LogP contribution in [0.4, 0.5) is 5.95 Å². The molecule has 2 heterocycles. The van der Waals surface area contributed by atoms with E-state index in [1.54, 1.807) is 17.5 Å². The zero-order valence-corrected chi connectivity index (χ0v) is 15.7. The SMILES string of the molecule is Cc1nc(-c2ccc(C=CC3CCCC3)cc2)sc1-c1ccnc(N)n1. The van der Waals surface area contributed by atoms with E-state index in [0.717, 1.165) is 32.8 Å². The van der Waals surface area contributed by atoms with Gasteiger partial charge in [-0.1, -0.05) is 49.3 Å². The maximum absolute atomic E-state index is 5.71. The van der Waals surface area contributed by atoms with Crippen LogP contribution in [-0.2, 0) is 0 Å². The van der Waals surface area contributed by atoms with Crippen LogP contribution in [0.2, 0.25) is 0 Å². The molecule has 1 aromatic carbocycles. The van der Waals surface area contributed by atoms with E-state index < -0.39 is 0 Å². The van der Waals surface area contributed by atoms with E-state index in [-0.39, 0.29) is 5.95 Å². The lowest BCUT2D eigenvalue weighted by molar-refractivity contribution is 0.689. The first-order valence-electron chi connectivity index (χ1n) is 9.04.